The van der Waals surface area contributed by atoms with Crippen LogP contribution in [0.15, 0.2) is 46.0 Å². The van der Waals surface area contributed by atoms with Crippen molar-refractivity contribution in [3.8, 4) is 6.07 Å². The average molecular weight is 407 g/mol. The Morgan fingerprint density at radius 1 is 1.26 bits per heavy atom. The Kier molecular flexibility index (Phi) is 7.06. The quantitative estimate of drug-likeness (QED) is 0.644. The zero-order valence-corrected chi connectivity index (χ0v) is 16.0. The predicted octanol–water partition coefficient (Wildman–Crippen LogP) is 1.86. The van der Waals surface area contributed by atoms with E-state index in [0.717, 1.165) is 11.3 Å². The number of benzene rings is 1. The lowest BCUT2D eigenvalue weighted by molar-refractivity contribution is -0.152. The maximum absolute atomic E-state index is 12.1. The Bertz CT molecular complexity index is 949. The van der Waals surface area contributed by atoms with Crippen LogP contribution >= 0.6 is 11.3 Å². The molecule has 27 heavy (non-hydrogen) atoms. The molecule has 1 aromatic carbocycles. The molecule has 2 rings (SSSR count). The van der Waals surface area contributed by atoms with Crippen LogP contribution in [0.1, 0.15) is 18.9 Å². The normalized spacial score (nSPS) is 12.0. The molecule has 0 spiro atoms. The van der Waals surface area contributed by atoms with Gasteiger partial charge in [-0.2, -0.15) is 5.26 Å². The number of sulfonamides is 1. The van der Waals surface area contributed by atoms with E-state index >= 15 is 0 Å². The van der Waals surface area contributed by atoms with Crippen molar-refractivity contribution in [2.24, 2.45) is 0 Å². The van der Waals surface area contributed by atoms with Crippen molar-refractivity contribution >= 4 is 38.9 Å². The number of para-hydroxylation sites is 1. The smallest absolute Gasteiger partial charge is 0.307 e. The van der Waals surface area contributed by atoms with E-state index in [1.54, 1.807) is 35.7 Å². The number of thiophene rings is 1. The summed E-state index contributed by atoms with van der Waals surface area (Å²) in [4.78, 5) is 23.9. The fourth-order valence-electron chi connectivity index (χ4n) is 2.01. The Balaban J connectivity index is 1.81. The van der Waals surface area contributed by atoms with Crippen molar-refractivity contribution in [3.05, 3.63) is 47.3 Å². The summed E-state index contributed by atoms with van der Waals surface area (Å²) in [6.07, 6.45) is -1.32. The van der Waals surface area contributed by atoms with Gasteiger partial charge in [0.2, 0.25) is 10.0 Å². The third-order valence-corrected chi connectivity index (χ3v) is 6.22. The van der Waals surface area contributed by atoms with Gasteiger partial charge in [-0.1, -0.05) is 18.2 Å². The standard InChI is InChI=1S/C17H17N3O5S2/c1-12(17(22)20-14-6-3-2-5-13(14)11-18)25-15(21)8-9-19-27(23,24)16-7-4-10-26-16/h2-7,10,12,19H,8-9H2,1H3,(H,20,22)/t12-/m1/s1. The summed E-state index contributed by atoms with van der Waals surface area (Å²) in [7, 11) is -3.65. The first-order valence-electron chi connectivity index (χ1n) is 7.86. The number of carbonyl (C=O) groups excluding carboxylic acids is 2. The molecular weight excluding hydrogens is 390 g/mol. The number of esters is 1. The van der Waals surface area contributed by atoms with E-state index in [1.165, 1.54) is 13.0 Å². The molecule has 0 aliphatic heterocycles. The van der Waals surface area contributed by atoms with Crippen LogP contribution in [0.3, 0.4) is 0 Å². The number of nitrogens with zero attached hydrogens (tertiary/aromatic N) is 1. The Morgan fingerprint density at radius 2 is 2.00 bits per heavy atom. The van der Waals surface area contributed by atoms with Gasteiger partial charge in [0.15, 0.2) is 6.10 Å². The molecule has 0 unspecified atom stereocenters. The van der Waals surface area contributed by atoms with Crippen molar-refractivity contribution in [1.29, 1.82) is 5.26 Å². The highest BCUT2D eigenvalue weighted by molar-refractivity contribution is 7.91. The van der Waals surface area contributed by atoms with Gasteiger partial charge < -0.3 is 10.1 Å². The fourth-order valence-corrected chi connectivity index (χ4v) is 4.08. The fraction of sp³-hybridized carbons (Fsp3) is 0.235. The second-order valence-corrected chi connectivity index (χ2v) is 8.30. The second kappa shape index (κ2) is 9.27. The number of carbonyl (C=O) groups is 2. The number of hydrogen-bond donors (Lipinski definition) is 2. The highest BCUT2D eigenvalue weighted by Crippen LogP contribution is 2.15. The Labute approximate surface area is 160 Å². The SMILES string of the molecule is C[C@@H](OC(=O)CCNS(=O)(=O)c1cccs1)C(=O)Nc1ccccc1C#N. The van der Waals surface area contributed by atoms with Crippen LogP contribution in [0.2, 0.25) is 0 Å². The van der Waals surface area contributed by atoms with Crippen molar-refractivity contribution in [2.75, 3.05) is 11.9 Å². The van der Waals surface area contributed by atoms with Gasteiger partial charge in [0, 0.05) is 6.54 Å². The van der Waals surface area contributed by atoms with Gasteiger partial charge in [0.25, 0.3) is 5.91 Å². The Hall–Kier alpha value is -2.74. The van der Waals surface area contributed by atoms with Crippen LogP contribution in [0.25, 0.3) is 0 Å². The van der Waals surface area contributed by atoms with Crippen molar-refractivity contribution < 1.29 is 22.7 Å². The highest BCUT2D eigenvalue weighted by Gasteiger charge is 2.20. The molecule has 1 aromatic heterocycles. The molecule has 1 atom stereocenters. The maximum Gasteiger partial charge on any atom is 0.307 e. The molecule has 0 fully saturated rings. The molecule has 8 nitrogen and oxygen atoms in total. The minimum atomic E-state index is -3.65. The van der Waals surface area contributed by atoms with E-state index in [2.05, 4.69) is 10.0 Å². The minimum Gasteiger partial charge on any atom is -0.452 e. The molecule has 0 saturated heterocycles. The first-order valence-corrected chi connectivity index (χ1v) is 10.2. The van der Waals surface area contributed by atoms with E-state index in [-0.39, 0.29) is 22.7 Å². The minimum absolute atomic E-state index is 0.148. The molecule has 2 aromatic rings. The summed E-state index contributed by atoms with van der Waals surface area (Å²) in [6, 6.07) is 11.4. The number of nitrogens with one attached hydrogen (secondary N) is 2. The zero-order valence-electron chi connectivity index (χ0n) is 14.3. The zero-order chi connectivity index (χ0) is 19.9. The van der Waals surface area contributed by atoms with Gasteiger partial charge in [0.05, 0.1) is 17.7 Å². The van der Waals surface area contributed by atoms with E-state index < -0.39 is 28.0 Å². The van der Waals surface area contributed by atoms with Crippen molar-refractivity contribution in [3.63, 3.8) is 0 Å². The summed E-state index contributed by atoms with van der Waals surface area (Å²) in [6.45, 7) is 1.24. The molecular formula is C17H17N3O5S2. The number of anilines is 1. The molecule has 142 valence electrons. The summed E-state index contributed by atoms with van der Waals surface area (Å²) < 4.78 is 31.3. The summed E-state index contributed by atoms with van der Waals surface area (Å²) in [5.41, 5.74) is 0.601. The summed E-state index contributed by atoms with van der Waals surface area (Å²) >= 11 is 1.06. The molecule has 0 radical (unpaired) electrons. The van der Waals surface area contributed by atoms with Crippen LogP contribution in [0.4, 0.5) is 5.69 Å². The largest absolute Gasteiger partial charge is 0.452 e. The van der Waals surface area contributed by atoms with Crippen LogP contribution in [-0.4, -0.2) is 32.9 Å². The van der Waals surface area contributed by atoms with Crippen LogP contribution in [0.5, 0.6) is 0 Å². The third kappa shape index (κ3) is 5.89. The summed E-state index contributed by atoms with van der Waals surface area (Å²) in [5, 5.41) is 13.2. The third-order valence-electron chi connectivity index (χ3n) is 3.36. The van der Waals surface area contributed by atoms with Gasteiger partial charge in [-0.05, 0) is 30.5 Å². The lowest BCUT2D eigenvalue weighted by atomic mass is 10.2. The number of rotatable bonds is 8. The summed E-state index contributed by atoms with van der Waals surface area (Å²) in [5.74, 6) is -1.31. The van der Waals surface area contributed by atoms with Crippen LogP contribution < -0.4 is 10.0 Å². The topological polar surface area (TPSA) is 125 Å². The van der Waals surface area contributed by atoms with Gasteiger partial charge in [-0.3, -0.25) is 9.59 Å². The molecule has 1 heterocycles. The van der Waals surface area contributed by atoms with Crippen LogP contribution in [0, 0.1) is 11.3 Å². The van der Waals surface area contributed by atoms with E-state index in [4.69, 9.17) is 10.00 Å². The predicted molar refractivity (Wildman–Crippen MR) is 99.5 cm³/mol. The average Bonchev–Trinajstić information content (AvgIpc) is 3.17. The van der Waals surface area contributed by atoms with Gasteiger partial charge in [-0.15, -0.1) is 11.3 Å². The monoisotopic (exact) mass is 407 g/mol. The lowest BCUT2D eigenvalue weighted by Gasteiger charge is -2.14. The Morgan fingerprint density at radius 3 is 2.67 bits per heavy atom. The van der Waals surface area contributed by atoms with Crippen molar-refractivity contribution in [1.82, 2.24) is 4.72 Å². The molecule has 10 heteroatoms. The van der Waals surface area contributed by atoms with Gasteiger partial charge in [0.1, 0.15) is 10.3 Å². The molecule has 1 amide bonds. The number of hydrogen-bond acceptors (Lipinski definition) is 7. The van der Waals surface area contributed by atoms with Gasteiger partial charge >= 0.3 is 5.97 Å². The van der Waals surface area contributed by atoms with E-state index in [9.17, 15) is 18.0 Å². The molecule has 0 aliphatic carbocycles. The maximum atomic E-state index is 12.1. The molecule has 0 aliphatic rings. The molecule has 2 N–H and O–H groups in total. The van der Waals surface area contributed by atoms with E-state index in [1.807, 2.05) is 6.07 Å². The molecule has 0 bridgehead atoms. The number of amides is 1. The highest BCUT2D eigenvalue weighted by atomic mass is 32.2. The molecule has 0 saturated carbocycles. The van der Waals surface area contributed by atoms with Crippen molar-refractivity contribution in [2.45, 2.75) is 23.7 Å². The van der Waals surface area contributed by atoms with E-state index in [0.29, 0.717) is 5.69 Å². The number of nitriles is 1. The lowest BCUT2D eigenvalue weighted by Crippen LogP contribution is -2.32. The first kappa shape index (κ1) is 20.6. The van der Waals surface area contributed by atoms with Crippen LogP contribution in [-0.2, 0) is 24.3 Å². The number of ether oxygens (including phenoxy) is 1. The van der Waals surface area contributed by atoms with Gasteiger partial charge in [-0.25, -0.2) is 13.1 Å². The first-order chi connectivity index (χ1) is 12.8. The second-order valence-electron chi connectivity index (χ2n) is 5.36.